The minimum Gasteiger partial charge on any atom is -0.352 e. The number of piperazine rings is 1. The van der Waals surface area contributed by atoms with Crippen molar-refractivity contribution in [1.82, 2.24) is 20.1 Å². The lowest BCUT2D eigenvalue weighted by Crippen LogP contribution is -2.51. The number of pyridine rings is 1. The topological polar surface area (TPSA) is 65.5 Å². The van der Waals surface area contributed by atoms with Crippen LogP contribution >= 0.6 is 11.8 Å². The van der Waals surface area contributed by atoms with Crippen molar-refractivity contribution in [3.8, 4) is 0 Å². The van der Waals surface area contributed by atoms with Gasteiger partial charge in [0.2, 0.25) is 11.8 Å². The number of nitrogens with one attached hydrogen (secondary N) is 1. The predicted molar refractivity (Wildman–Crippen MR) is 94.1 cm³/mol. The lowest BCUT2D eigenvalue weighted by Gasteiger charge is -2.34. The smallest absolute Gasteiger partial charge is 0.352 e. The van der Waals surface area contributed by atoms with E-state index in [2.05, 4.69) is 10.3 Å². The second kappa shape index (κ2) is 8.47. The number of carbonyl (C=O) groups excluding carboxylic acids is 2. The highest BCUT2D eigenvalue weighted by Gasteiger charge is 2.31. The van der Waals surface area contributed by atoms with Crippen LogP contribution in [0.4, 0.5) is 13.2 Å². The van der Waals surface area contributed by atoms with E-state index in [9.17, 15) is 22.8 Å². The summed E-state index contributed by atoms with van der Waals surface area (Å²) in [4.78, 5) is 31.6. The van der Waals surface area contributed by atoms with E-state index >= 15 is 0 Å². The first kappa shape index (κ1) is 19.9. The molecule has 27 heavy (non-hydrogen) atoms. The Bertz CT molecular complexity index is 672. The zero-order valence-corrected chi connectivity index (χ0v) is 15.5. The van der Waals surface area contributed by atoms with E-state index in [1.165, 1.54) is 6.07 Å². The molecule has 1 aliphatic carbocycles. The summed E-state index contributed by atoms with van der Waals surface area (Å²) in [6.45, 7) is 2.69. The van der Waals surface area contributed by atoms with Crippen LogP contribution in [0.1, 0.15) is 18.4 Å². The fraction of sp³-hybridized carbons (Fsp3) is 0.588. The molecule has 0 aromatic carbocycles. The van der Waals surface area contributed by atoms with Crippen molar-refractivity contribution in [3.63, 3.8) is 0 Å². The average molecular weight is 402 g/mol. The Hall–Kier alpha value is -1.81. The number of aromatic nitrogens is 1. The summed E-state index contributed by atoms with van der Waals surface area (Å²) in [6.07, 6.45) is -1.53. The molecule has 2 heterocycles. The van der Waals surface area contributed by atoms with Crippen LogP contribution in [0.5, 0.6) is 0 Å². The fourth-order valence-electron chi connectivity index (χ4n) is 2.72. The molecule has 2 aliphatic rings. The molecule has 148 valence electrons. The SMILES string of the molecule is O=C(CN1CCN(C(=O)CSc2ccc(C(F)(F)F)cn2)CC1)NC1CC1. The molecule has 6 nitrogen and oxygen atoms in total. The number of amides is 2. The zero-order chi connectivity index (χ0) is 19.4. The normalized spacial score (nSPS) is 18.4. The van der Waals surface area contributed by atoms with Crippen LogP contribution in [0.3, 0.4) is 0 Å². The van der Waals surface area contributed by atoms with Gasteiger partial charge in [0, 0.05) is 38.4 Å². The summed E-state index contributed by atoms with van der Waals surface area (Å²) in [5.41, 5.74) is -0.806. The van der Waals surface area contributed by atoms with E-state index in [0.717, 1.165) is 36.9 Å². The summed E-state index contributed by atoms with van der Waals surface area (Å²) in [5, 5.41) is 3.33. The first-order chi connectivity index (χ1) is 12.8. The maximum Gasteiger partial charge on any atom is 0.417 e. The maximum absolute atomic E-state index is 12.5. The molecule has 1 aliphatic heterocycles. The number of nitrogens with zero attached hydrogens (tertiary/aromatic N) is 3. The van der Waals surface area contributed by atoms with Gasteiger partial charge in [0.15, 0.2) is 0 Å². The first-order valence-corrected chi connectivity index (χ1v) is 9.75. The van der Waals surface area contributed by atoms with Gasteiger partial charge >= 0.3 is 6.18 Å². The minimum absolute atomic E-state index is 0.0289. The summed E-state index contributed by atoms with van der Waals surface area (Å²) in [5.74, 6) is 0.0746. The molecule has 0 radical (unpaired) electrons. The Labute approximate surface area is 159 Å². The third-order valence-corrected chi connectivity index (χ3v) is 5.37. The van der Waals surface area contributed by atoms with Crippen LogP contribution in [-0.4, -0.2) is 71.1 Å². The summed E-state index contributed by atoms with van der Waals surface area (Å²) < 4.78 is 37.5. The second-order valence-electron chi connectivity index (χ2n) is 6.67. The summed E-state index contributed by atoms with van der Waals surface area (Å²) in [7, 11) is 0. The Morgan fingerprint density at radius 3 is 2.44 bits per heavy atom. The molecule has 1 saturated heterocycles. The fourth-order valence-corrected chi connectivity index (χ4v) is 3.47. The molecule has 1 aromatic rings. The number of carbonyl (C=O) groups is 2. The van der Waals surface area contributed by atoms with Crippen molar-refractivity contribution in [2.24, 2.45) is 0 Å². The zero-order valence-electron chi connectivity index (χ0n) is 14.7. The first-order valence-electron chi connectivity index (χ1n) is 8.77. The molecule has 2 fully saturated rings. The summed E-state index contributed by atoms with van der Waals surface area (Å²) >= 11 is 1.12. The van der Waals surface area contributed by atoms with Gasteiger partial charge in [-0.2, -0.15) is 13.2 Å². The van der Waals surface area contributed by atoms with E-state index in [1.54, 1.807) is 4.90 Å². The quantitative estimate of drug-likeness (QED) is 0.733. The average Bonchev–Trinajstić information content (AvgIpc) is 3.43. The molecule has 1 N–H and O–H groups in total. The van der Waals surface area contributed by atoms with Gasteiger partial charge in [0.1, 0.15) is 0 Å². The lowest BCUT2D eigenvalue weighted by molar-refractivity contribution is -0.138. The van der Waals surface area contributed by atoms with Crippen molar-refractivity contribution in [2.45, 2.75) is 30.1 Å². The number of alkyl halides is 3. The third-order valence-electron chi connectivity index (χ3n) is 4.44. The number of hydrogen-bond acceptors (Lipinski definition) is 5. The number of rotatable bonds is 6. The van der Waals surface area contributed by atoms with Crippen molar-refractivity contribution in [1.29, 1.82) is 0 Å². The van der Waals surface area contributed by atoms with Crippen LogP contribution in [0, 0.1) is 0 Å². The van der Waals surface area contributed by atoms with Gasteiger partial charge in [-0.3, -0.25) is 14.5 Å². The number of halogens is 3. The second-order valence-corrected chi connectivity index (χ2v) is 7.67. The Morgan fingerprint density at radius 2 is 1.89 bits per heavy atom. The van der Waals surface area contributed by atoms with Gasteiger partial charge < -0.3 is 10.2 Å². The predicted octanol–water partition coefficient (Wildman–Crippen LogP) is 1.62. The van der Waals surface area contributed by atoms with E-state index in [1.807, 2.05) is 4.90 Å². The molecule has 3 rings (SSSR count). The van der Waals surface area contributed by atoms with E-state index in [0.29, 0.717) is 43.8 Å². The van der Waals surface area contributed by atoms with E-state index in [-0.39, 0.29) is 17.6 Å². The highest BCUT2D eigenvalue weighted by atomic mass is 32.2. The van der Waals surface area contributed by atoms with E-state index < -0.39 is 11.7 Å². The van der Waals surface area contributed by atoms with Gasteiger partial charge in [0.25, 0.3) is 0 Å². The van der Waals surface area contributed by atoms with Crippen molar-refractivity contribution < 1.29 is 22.8 Å². The van der Waals surface area contributed by atoms with Crippen molar-refractivity contribution in [2.75, 3.05) is 38.5 Å². The molecule has 2 amide bonds. The van der Waals surface area contributed by atoms with Crippen LogP contribution < -0.4 is 5.32 Å². The standard InChI is InChI=1S/C17H21F3N4O2S/c18-17(19,20)12-1-4-15(21-9-12)27-11-16(26)24-7-5-23(6-8-24)10-14(25)22-13-2-3-13/h1,4,9,13H,2-3,5-8,10-11H2,(H,22,25). The van der Waals surface area contributed by atoms with Gasteiger partial charge in [-0.05, 0) is 25.0 Å². The number of thioether (sulfide) groups is 1. The largest absolute Gasteiger partial charge is 0.417 e. The Balaban J connectivity index is 1.38. The van der Waals surface area contributed by atoms with Crippen LogP contribution in [0.2, 0.25) is 0 Å². The molecule has 1 aromatic heterocycles. The van der Waals surface area contributed by atoms with Gasteiger partial charge in [-0.1, -0.05) is 11.8 Å². The minimum atomic E-state index is -4.42. The van der Waals surface area contributed by atoms with Crippen LogP contribution in [0.25, 0.3) is 0 Å². The Morgan fingerprint density at radius 1 is 1.19 bits per heavy atom. The van der Waals surface area contributed by atoms with Crippen LogP contribution in [-0.2, 0) is 15.8 Å². The van der Waals surface area contributed by atoms with Gasteiger partial charge in [0.05, 0.1) is 22.9 Å². The van der Waals surface area contributed by atoms with E-state index in [4.69, 9.17) is 0 Å². The molecular weight excluding hydrogens is 381 g/mol. The monoisotopic (exact) mass is 402 g/mol. The highest BCUT2D eigenvalue weighted by Crippen LogP contribution is 2.29. The van der Waals surface area contributed by atoms with Gasteiger partial charge in [-0.15, -0.1) is 0 Å². The number of hydrogen-bond donors (Lipinski definition) is 1. The molecular formula is C17H21F3N4O2S. The van der Waals surface area contributed by atoms with Gasteiger partial charge in [-0.25, -0.2) is 4.98 Å². The highest BCUT2D eigenvalue weighted by molar-refractivity contribution is 7.99. The molecule has 1 saturated carbocycles. The summed E-state index contributed by atoms with van der Waals surface area (Å²) in [6, 6.07) is 2.58. The third kappa shape index (κ3) is 6.10. The Kier molecular flexibility index (Phi) is 6.25. The molecule has 0 atom stereocenters. The maximum atomic E-state index is 12.5. The molecule has 0 bridgehead atoms. The van der Waals surface area contributed by atoms with Crippen LogP contribution in [0.15, 0.2) is 23.4 Å². The van der Waals surface area contributed by atoms with Crippen molar-refractivity contribution >= 4 is 23.6 Å². The molecule has 0 unspecified atom stereocenters. The lowest BCUT2D eigenvalue weighted by atomic mass is 10.3. The molecule has 10 heteroatoms. The van der Waals surface area contributed by atoms with Crippen molar-refractivity contribution in [3.05, 3.63) is 23.9 Å². The molecule has 0 spiro atoms.